The fourth-order valence-corrected chi connectivity index (χ4v) is 2.43. The highest BCUT2D eigenvalue weighted by molar-refractivity contribution is 5.99. The Labute approximate surface area is 124 Å². The number of nitrogens with zero attached hydrogens (tertiary/aromatic N) is 2. The molecule has 21 heavy (non-hydrogen) atoms. The van der Waals surface area contributed by atoms with E-state index >= 15 is 0 Å². The molecule has 2 rings (SSSR count). The summed E-state index contributed by atoms with van der Waals surface area (Å²) in [6, 6.07) is 7.91. The largest absolute Gasteiger partial charge is 0.461 e. The van der Waals surface area contributed by atoms with Gasteiger partial charge in [-0.2, -0.15) is 0 Å². The van der Waals surface area contributed by atoms with Crippen LogP contribution >= 0.6 is 0 Å². The molecule has 0 N–H and O–H groups in total. The van der Waals surface area contributed by atoms with Crippen molar-refractivity contribution in [3.63, 3.8) is 0 Å². The zero-order chi connectivity index (χ0) is 15.6. The molecule has 1 aliphatic heterocycles. The van der Waals surface area contributed by atoms with Crippen molar-refractivity contribution in [1.82, 2.24) is 9.80 Å². The summed E-state index contributed by atoms with van der Waals surface area (Å²) in [4.78, 5) is 27.5. The van der Waals surface area contributed by atoms with E-state index in [1.807, 2.05) is 31.2 Å². The molecule has 1 aliphatic rings. The number of ether oxygens (including phenoxy) is 1. The second-order valence-corrected chi connectivity index (χ2v) is 5.09. The fourth-order valence-electron chi connectivity index (χ4n) is 2.43. The van der Waals surface area contributed by atoms with Crippen molar-refractivity contribution in [3.8, 4) is 0 Å². The van der Waals surface area contributed by atoms with Crippen LogP contribution in [-0.4, -0.2) is 42.4 Å². The number of likely N-dealkylation sites (N-methyl/N-ethyl adjacent to an activating group) is 2. The topological polar surface area (TPSA) is 49.9 Å². The molecule has 0 aromatic heterocycles. The number of carbonyl (C=O) groups is 2. The lowest BCUT2D eigenvalue weighted by molar-refractivity contribution is -0.144. The summed E-state index contributed by atoms with van der Waals surface area (Å²) in [5, 5.41) is 0. The third-order valence-electron chi connectivity index (χ3n) is 3.58. The summed E-state index contributed by atoms with van der Waals surface area (Å²) in [6.07, 6.45) is 1.00. The Balaban J connectivity index is 2.38. The first-order chi connectivity index (χ1) is 9.95. The summed E-state index contributed by atoms with van der Waals surface area (Å²) in [7, 11) is 3.51. The minimum atomic E-state index is -0.474. The smallest absolute Gasteiger partial charge is 0.354 e. The van der Waals surface area contributed by atoms with Crippen molar-refractivity contribution in [2.24, 2.45) is 0 Å². The summed E-state index contributed by atoms with van der Waals surface area (Å²) < 4.78 is 5.02. The second-order valence-electron chi connectivity index (χ2n) is 5.09. The lowest BCUT2D eigenvalue weighted by Gasteiger charge is -2.40. The summed E-state index contributed by atoms with van der Waals surface area (Å²) in [6.45, 7) is 4.03. The highest BCUT2D eigenvalue weighted by atomic mass is 16.5. The molecular formula is C16H20N2O3. The van der Waals surface area contributed by atoms with E-state index in [9.17, 15) is 9.59 Å². The van der Waals surface area contributed by atoms with Gasteiger partial charge in [0.15, 0.2) is 0 Å². The van der Waals surface area contributed by atoms with Gasteiger partial charge < -0.3 is 14.5 Å². The number of amides is 1. The van der Waals surface area contributed by atoms with E-state index in [-0.39, 0.29) is 24.4 Å². The first-order valence-corrected chi connectivity index (χ1v) is 6.90. The molecule has 1 atom stereocenters. The number of carbonyl (C=O) groups excluding carboxylic acids is 2. The Morgan fingerprint density at radius 1 is 1.19 bits per heavy atom. The maximum Gasteiger partial charge on any atom is 0.354 e. The van der Waals surface area contributed by atoms with Gasteiger partial charge in [0.05, 0.1) is 6.61 Å². The van der Waals surface area contributed by atoms with Crippen LogP contribution in [0.4, 0.5) is 0 Å². The molecule has 0 aliphatic carbocycles. The predicted molar refractivity (Wildman–Crippen MR) is 79.2 cm³/mol. The summed E-state index contributed by atoms with van der Waals surface area (Å²) in [5.74, 6) is -0.680. The van der Waals surface area contributed by atoms with Crippen molar-refractivity contribution in [2.45, 2.75) is 20.0 Å². The van der Waals surface area contributed by atoms with Crippen LogP contribution in [-0.2, 0) is 14.3 Å². The lowest BCUT2D eigenvalue weighted by Crippen LogP contribution is -2.45. The molecule has 1 aromatic carbocycles. The predicted octanol–water partition coefficient (Wildman–Crippen LogP) is 1.84. The lowest BCUT2D eigenvalue weighted by atomic mass is 10.1. The van der Waals surface area contributed by atoms with Gasteiger partial charge in [0.1, 0.15) is 11.9 Å². The number of esters is 1. The highest BCUT2D eigenvalue weighted by Gasteiger charge is 2.34. The number of aryl methyl sites for hydroxylation is 1. The Bertz CT molecular complexity index is 578. The van der Waals surface area contributed by atoms with Crippen LogP contribution in [0.3, 0.4) is 0 Å². The van der Waals surface area contributed by atoms with Crippen molar-refractivity contribution in [2.75, 3.05) is 20.7 Å². The van der Waals surface area contributed by atoms with Gasteiger partial charge in [-0.05, 0) is 19.4 Å². The molecule has 112 valence electrons. The molecule has 1 heterocycles. The number of hydrogen-bond donors (Lipinski definition) is 0. The monoisotopic (exact) mass is 288 g/mol. The van der Waals surface area contributed by atoms with E-state index in [1.54, 1.807) is 30.8 Å². The number of rotatable bonds is 3. The quantitative estimate of drug-likeness (QED) is 0.796. The zero-order valence-electron chi connectivity index (χ0n) is 12.8. The number of hydrogen-bond acceptors (Lipinski definition) is 4. The Hall–Kier alpha value is -2.30. The van der Waals surface area contributed by atoms with Crippen LogP contribution in [0.25, 0.3) is 0 Å². The molecular weight excluding hydrogens is 268 g/mol. The summed E-state index contributed by atoms with van der Waals surface area (Å²) >= 11 is 0. The van der Waals surface area contributed by atoms with Crippen LogP contribution in [0.2, 0.25) is 0 Å². The van der Waals surface area contributed by atoms with Gasteiger partial charge in [0.2, 0.25) is 0 Å². The van der Waals surface area contributed by atoms with E-state index in [0.717, 1.165) is 11.1 Å². The van der Waals surface area contributed by atoms with Gasteiger partial charge in [-0.1, -0.05) is 29.8 Å². The van der Waals surface area contributed by atoms with Crippen molar-refractivity contribution in [1.29, 1.82) is 0 Å². The highest BCUT2D eigenvalue weighted by Crippen LogP contribution is 2.30. The minimum Gasteiger partial charge on any atom is -0.461 e. The van der Waals surface area contributed by atoms with E-state index in [2.05, 4.69) is 0 Å². The molecule has 0 saturated heterocycles. The first-order valence-electron chi connectivity index (χ1n) is 6.90. The van der Waals surface area contributed by atoms with Crippen molar-refractivity contribution in [3.05, 3.63) is 47.2 Å². The average Bonchev–Trinajstić information content (AvgIpc) is 2.45. The van der Waals surface area contributed by atoms with E-state index in [1.165, 1.54) is 6.08 Å². The average molecular weight is 288 g/mol. The summed E-state index contributed by atoms with van der Waals surface area (Å²) in [5.41, 5.74) is 2.38. The molecule has 0 bridgehead atoms. The molecule has 1 unspecified atom stereocenters. The molecule has 1 amide bonds. The SMILES string of the molecule is CCOC(=O)C1=CC(=O)N(C)C(c2ccc(C)cc2)N1C. The normalized spacial score (nSPS) is 18.6. The van der Waals surface area contributed by atoms with Crippen molar-refractivity contribution < 1.29 is 14.3 Å². The van der Waals surface area contributed by atoms with Crippen LogP contribution in [0.1, 0.15) is 24.2 Å². The second kappa shape index (κ2) is 5.99. The fraction of sp³-hybridized carbons (Fsp3) is 0.375. The molecule has 0 fully saturated rings. The van der Waals surface area contributed by atoms with Gasteiger partial charge >= 0.3 is 5.97 Å². The molecule has 0 saturated carbocycles. The zero-order valence-corrected chi connectivity index (χ0v) is 12.8. The van der Waals surface area contributed by atoms with E-state index in [4.69, 9.17) is 4.74 Å². The van der Waals surface area contributed by atoms with Gasteiger partial charge in [-0.25, -0.2) is 4.79 Å². The molecule has 5 nitrogen and oxygen atoms in total. The van der Waals surface area contributed by atoms with Gasteiger partial charge in [0.25, 0.3) is 5.91 Å². The molecule has 5 heteroatoms. The third-order valence-corrected chi connectivity index (χ3v) is 3.58. The minimum absolute atomic E-state index is 0.207. The van der Waals surface area contributed by atoms with Crippen LogP contribution in [0.15, 0.2) is 36.0 Å². The van der Waals surface area contributed by atoms with Crippen LogP contribution in [0, 0.1) is 6.92 Å². The number of benzene rings is 1. The molecule has 0 spiro atoms. The van der Waals surface area contributed by atoms with Crippen LogP contribution < -0.4 is 0 Å². The standard InChI is InChI=1S/C16H20N2O3/c1-5-21-16(20)13-10-14(19)18(4)15(17(13)3)12-8-6-11(2)7-9-12/h6-10,15H,5H2,1-4H3. The van der Waals surface area contributed by atoms with Gasteiger partial charge in [-0.15, -0.1) is 0 Å². The van der Waals surface area contributed by atoms with Gasteiger partial charge in [0, 0.05) is 20.2 Å². The molecule has 1 aromatic rings. The van der Waals surface area contributed by atoms with Gasteiger partial charge in [-0.3, -0.25) is 4.79 Å². The molecule has 0 radical (unpaired) electrons. The Kier molecular flexibility index (Phi) is 4.31. The van der Waals surface area contributed by atoms with Crippen molar-refractivity contribution >= 4 is 11.9 Å². The maximum atomic E-state index is 12.1. The van der Waals surface area contributed by atoms with Crippen LogP contribution in [0.5, 0.6) is 0 Å². The van der Waals surface area contributed by atoms with E-state index in [0.29, 0.717) is 0 Å². The first kappa shape index (κ1) is 15.1. The third kappa shape index (κ3) is 2.91. The maximum absolute atomic E-state index is 12.1. The Morgan fingerprint density at radius 3 is 2.38 bits per heavy atom. The van der Waals surface area contributed by atoms with E-state index < -0.39 is 5.97 Å². The Morgan fingerprint density at radius 2 is 1.81 bits per heavy atom.